The molecule has 150 valence electrons. The number of halogens is 1. The van der Waals surface area contributed by atoms with Crippen LogP contribution in [0, 0.1) is 5.82 Å². The molecule has 1 atom stereocenters. The molecule has 0 aliphatic carbocycles. The van der Waals surface area contributed by atoms with Crippen molar-refractivity contribution in [2.24, 2.45) is 0 Å². The number of benzene rings is 1. The van der Waals surface area contributed by atoms with Crippen LogP contribution in [0.5, 0.6) is 0 Å². The molecule has 0 spiro atoms. The van der Waals surface area contributed by atoms with E-state index < -0.39 is 0 Å². The van der Waals surface area contributed by atoms with Crippen LogP contribution in [-0.4, -0.2) is 38.4 Å². The fraction of sp³-hybridized carbons (Fsp3) is 0.348. The largest absolute Gasteiger partial charge is 0.342 e. The Labute approximate surface area is 170 Å². The van der Waals surface area contributed by atoms with Gasteiger partial charge in [-0.2, -0.15) is 0 Å². The Morgan fingerprint density at radius 3 is 2.79 bits per heavy atom. The molecule has 4 rings (SSSR count). The summed E-state index contributed by atoms with van der Waals surface area (Å²) in [6.07, 6.45) is 10.6. The van der Waals surface area contributed by atoms with Crippen molar-refractivity contribution in [3.63, 3.8) is 0 Å². The van der Waals surface area contributed by atoms with Gasteiger partial charge in [0.05, 0.1) is 6.54 Å². The van der Waals surface area contributed by atoms with Gasteiger partial charge >= 0.3 is 0 Å². The van der Waals surface area contributed by atoms with Gasteiger partial charge in [-0.3, -0.25) is 9.78 Å². The van der Waals surface area contributed by atoms with Crippen LogP contribution in [0.3, 0.4) is 0 Å². The van der Waals surface area contributed by atoms with Crippen LogP contribution in [-0.2, 0) is 17.8 Å². The standard InChI is InChI=1S/C23H25FN4O/c24-21-8-5-18(6-9-21)7-10-22(29)27-13-2-4-20(17-27)23-26-12-14-28(23)16-19-3-1-11-25-15-19/h1,3,5-6,8-9,11-12,14-15,20H,2,4,7,10,13,16-17H2/t20-/m1/s1. The van der Waals surface area contributed by atoms with Crippen LogP contribution in [0.15, 0.2) is 61.2 Å². The predicted molar refractivity (Wildman–Crippen MR) is 109 cm³/mol. The van der Waals surface area contributed by atoms with Gasteiger partial charge in [-0.15, -0.1) is 0 Å². The fourth-order valence-electron chi connectivity index (χ4n) is 3.98. The van der Waals surface area contributed by atoms with Gasteiger partial charge in [0.2, 0.25) is 5.91 Å². The van der Waals surface area contributed by atoms with Crippen molar-refractivity contribution in [2.75, 3.05) is 13.1 Å². The Morgan fingerprint density at radius 2 is 2.00 bits per heavy atom. The molecular formula is C23H25FN4O. The number of piperidine rings is 1. The van der Waals surface area contributed by atoms with Crippen LogP contribution >= 0.6 is 0 Å². The molecular weight excluding hydrogens is 367 g/mol. The minimum absolute atomic E-state index is 0.157. The summed E-state index contributed by atoms with van der Waals surface area (Å²) in [6.45, 7) is 2.23. The highest BCUT2D eigenvalue weighted by Crippen LogP contribution is 2.27. The number of carbonyl (C=O) groups excluding carboxylic acids is 1. The molecule has 1 saturated heterocycles. The smallest absolute Gasteiger partial charge is 0.222 e. The van der Waals surface area contributed by atoms with E-state index in [2.05, 4.69) is 20.6 Å². The first-order valence-electron chi connectivity index (χ1n) is 10.1. The van der Waals surface area contributed by atoms with Gasteiger partial charge in [0.15, 0.2) is 0 Å². The first kappa shape index (κ1) is 19.3. The number of amides is 1. The second-order valence-electron chi connectivity index (χ2n) is 7.58. The Hall–Kier alpha value is -3.02. The quantitative estimate of drug-likeness (QED) is 0.641. The second-order valence-corrected chi connectivity index (χ2v) is 7.58. The molecule has 0 radical (unpaired) electrons. The lowest BCUT2D eigenvalue weighted by atomic mass is 9.96. The Kier molecular flexibility index (Phi) is 5.98. The van der Waals surface area contributed by atoms with E-state index in [0.717, 1.165) is 42.9 Å². The summed E-state index contributed by atoms with van der Waals surface area (Å²) in [5, 5.41) is 0. The second kappa shape index (κ2) is 8.99. The van der Waals surface area contributed by atoms with Gasteiger partial charge in [-0.05, 0) is 48.6 Å². The number of imidazole rings is 1. The summed E-state index contributed by atoms with van der Waals surface area (Å²) in [6, 6.07) is 10.4. The summed E-state index contributed by atoms with van der Waals surface area (Å²) in [5.41, 5.74) is 2.12. The van der Waals surface area contributed by atoms with Crippen molar-refractivity contribution in [2.45, 2.75) is 38.1 Å². The van der Waals surface area contributed by atoms with E-state index in [9.17, 15) is 9.18 Å². The van der Waals surface area contributed by atoms with E-state index in [1.165, 1.54) is 12.1 Å². The van der Waals surface area contributed by atoms with Crippen molar-refractivity contribution in [3.8, 4) is 0 Å². The molecule has 2 aromatic heterocycles. The highest BCUT2D eigenvalue weighted by atomic mass is 19.1. The monoisotopic (exact) mass is 392 g/mol. The van der Waals surface area contributed by atoms with E-state index in [-0.39, 0.29) is 17.6 Å². The highest BCUT2D eigenvalue weighted by Gasteiger charge is 2.27. The molecule has 3 heterocycles. The molecule has 1 aliphatic heterocycles. The zero-order valence-electron chi connectivity index (χ0n) is 16.4. The zero-order chi connectivity index (χ0) is 20.1. The topological polar surface area (TPSA) is 51.0 Å². The van der Waals surface area contributed by atoms with E-state index >= 15 is 0 Å². The number of aromatic nitrogens is 3. The summed E-state index contributed by atoms with van der Waals surface area (Å²) in [5.74, 6) is 1.18. The minimum atomic E-state index is -0.249. The Bertz CT molecular complexity index is 939. The summed E-state index contributed by atoms with van der Waals surface area (Å²) < 4.78 is 15.2. The number of hydrogen-bond donors (Lipinski definition) is 0. The third kappa shape index (κ3) is 4.88. The molecule has 6 heteroatoms. The van der Waals surface area contributed by atoms with Crippen LogP contribution in [0.4, 0.5) is 4.39 Å². The number of aryl methyl sites for hydroxylation is 1. The van der Waals surface area contributed by atoms with Crippen molar-refractivity contribution in [3.05, 3.63) is 84.0 Å². The highest BCUT2D eigenvalue weighted by molar-refractivity contribution is 5.76. The van der Waals surface area contributed by atoms with E-state index in [0.29, 0.717) is 19.4 Å². The van der Waals surface area contributed by atoms with Crippen LogP contribution in [0.1, 0.15) is 42.1 Å². The Morgan fingerprint density at radius 1 is 1.14 bits per heavy atom. The molecule has 29 heavy (non-hydrogen) atoms. The van der Waals surface area contributed by atoms with Crippen LogP contribution < -0.4 is 0 Å². The molecule has 0 N–H and O–H groups in total. The molecule has 0 saturated carbocycles. The maximum atomic E-state index is 13.0. The normalized spacial score (nSPS) is 16.7. The van der Waals surface area contributed by atoms with Crippen LogP contribution in [0.2, 0.25) is 0 Å². The van der Waals surface area contributed by atoms with Crippen LogP contribution in [0.25, 0.3) is 0 Å². The van der Waals surface area contributed by atoms with Gasteiger partial charge in [-0.1, -0.05) is 18.2 Å². The molecule has 5 nitrogen and oxygen atoms in total. The van der Waals surface area contributed by atoms with Gasteiger partial charge in [0, 0.05) is 50.2 Å². The molecule has 1 fully saturated rings. The zero-order valence-corrected chi connectivity index (χ0v) is 16.4. The third-order valence-electron chi connectivity index (χ3n) is 5.50. The lowest BCUT2D eigenvalue weighted by Crippen LogP contribution is -2.39. The Balaban J connectivity index is 1.38. The van der Waals surface area contributed by atoms with Gasteiger partial charge in [0.25, 0.3) is 0 Å². The van der Waals surface area contributed by atoms with Crippen molar-refractivity contribution < 1.29 is 9.18 Å². The lowest BCUT2D eigenvalue weighted by molar-refractivity contribution is -0.132. The number of likely N-dealkylation sites (tertiary alicyclic amines) is 1. The summed E-state index contributed by atoms with van der Waals surface area (Å²) in [7, 11) is 0. The molecule has 0 bridgehead atoms. The van der Waals surface area contributed by atoms with Gasteiger partial charge < -0.3 is 9.47 Å². The number of carbonyl (C=O) groups is 1. The number of nitrogens with zero attached hydrogens (tertiary/aromatic N) is 4. The van der Waals surface area contributed by atoms with Crippen molar-refractivity contribution in [1.29, 1.82) is 0 Å². The maximum absolute atomic E-state index is 13.0. The van der Waals surface area contributed by atoms with Gasteiger partial charge in [-0.25, -0.2) is 9.37 Å². The van der Waals surface area contributed by atoms with E-state index in [1.807, 2.05) is 29.6 Å². The van der Waals surface area contributed by atoms with Crippen molar-refractivity contribution >= 4 is 5.91 Å². The average Bonchev–Trinajstić information content (AvgIpc) is 3.22. The number of rotatable bonds is 6. The van der Waals surface area contributed by atoms with E-state index in [1.54, 1.807) is 18.3 Å². The van der Waals surface area contributed by atoms with Gasteiger partial charge in [0.1, 0.15) is 11.6 Å². The maximum Gasteiger partial charge on any atom is 0.222 e. The number of pyridine rings is 1. The minimum Gasteiger partial charge on any atom is -0.342 e. The number of hydrogen-bond acceptors (Lipinski definition) is 3. The SMILES string of the molecule is O=C(CCc1ccc(F)cc1)N1CCC[C@@H](c2nccn2Cc2cccnc2)C1. The summed E-state index contributed by atoms with van der Waals surface area (Å²) in [4.78, 5) is 23.5. The predicted octanol–water partition coefficient (Wildman–Crippen LogP) is 3.80. The molecule has 1 aliphatic rings. The fourth-order valence-corrected chi connectivity index (χ4v) is 3.98. The third-order valence-corrected chi connectivity index (χ3v) is 5.50. The van der Waals surface area contributed by atoms with E-state index in [4.69, 9.17) is 0 Å². The lowest BCUT2D eigenvalue weighted by Gasteiger charge is -2.33. The van der Waals surface area contributed by atoms with Crippen molar-refractivity contribution in [1.82, 2.24) is 19.4 Å². The molecule has 1 amide bonds. The molecule has 0 unspecified atom stereocenters. The first-order valence-corrected chi connectivity index (χ1v) is 10.1. The summed E-state index contributed by atoms with van der Waals surface area (Å²) >= 11 is 0. The average molecular weight is 392 g/mol. The molecule has 1 aromatic carbocycles. The molecule has 3 aromatic rings. The first-order chi connectivity index (χ1) is 14.2.